The number of ether oxygens (including phenoxy) is 2. The minimum atomic E-state index is -1.04. The Labute approximate surface area is 290 Å². The first-order chi connectivity index (χ1) is 22.5. The summed E-state index contributed by atoms with van der Waals surface area (Å²) in [5.41, 5.74) is 0.472. The quantitative estimate of drug-likeness (QED) is 0.174. The Morgan fingerprint density at radius 1 is 1.00 bits per heavy atom. The summed E-state index contributed by atoms with van der Waals surface area (Å²) in [6.07, 6.45) is 0.0481. The molecule has 1 aromatic carbocycles. The van der Waals surface area contributed by atoms with Crippen LogP contribution in [-0.2, 0) is 25.5 Å². The average molecular weight is 689 g/mol. The Morgan fingerprint density at radius 3 is 2.21 bits per heavy atom. The molecule has 48 heavy (non-hydrogen) atoms. The third-order valence-corrected chi connectivity index (χ3v) is 9.20. The third-order valence-electron chi connectivity index (χ3n) is 8.26. The maximum Gasteiger partial charge on any atom is 0.408 e. The van der Waals surface area contributed by atoms with E-state index in [1.807, 2.05) is 58.0 Å². The Kier molecular flexibility index (Phi) is 16.0. The van der Waals surface area contributed by atoms with Gasteiger partial charge in [0, 0.05) is 30.9 Å². The maximum atomic E-state index is 13.8. The van der Waals surface area contributed by atoms with Crippen LogP contribution in [0.25, 0.3) is 0 Å². The Morgan fingerprint density at radius 2 is 1.65 bits per heavy atom. The fourth-order valence-corrected chi connectivity index (χ4v) is 6.21. The molecule has 0 spiro atoms. The van der Waals surface area contributed by atoms with Crippen LogP contribution in [0.5, 0.6) is 0 Å². The van der Waals surface area contributed by atoms with E-state index in [1.54, 1.807) is 51.9 Å². The molecule has 0 bridgehead atoms. The van der Waals surface area contributed by atoms with Gasteiger partial charge in [0.2, 0.25) is 5.91 Å². The van der Waals surface area contributed by atoms with E-state index in [4.69, 9.17) is 9.47 Å². The predicted octanol–water partition coefficient (Wildman–Crippen LogP) is 5.92. The monoisotopic (exact) mass is 688 g/mol. The standard InChI is InChI=1S/C36H56N4O7S/c1-11-23(5)30(39-35(45)47-36(7,8)9)33(43)40(10)28(22(3)4)20-29(41)32-38-27(21-48-32)31(42)37-26(18-24(6)34(44)46-12-2)19-25-16-14-13-15-17-25/h13-17,21-24,26,28-30,41H,11-12,18-20H2,1-10H3,(H,37,42)(H,39,45). The van der Waals surface area contributed by atoms with E-state index in [0.29, 0.717) is 24.3 Å². The summed E-state index contributed by atoms with van der Waals surface area (Å²) < 4.78 is 10.6. The second-order valence-electron chi connectivity index (χ2n) is 13.8. The number of thiazole rings is 1. The van der Waals surface area contributed by atoms with E-state index in [9.17, 15) is 24.3 Å². The molecule has 3 amide bonds. The lowest BCUT2D eigenvalue weighted by Crippen LogP contribution is -2.54. The number of hydrogen-bond acceptors (Lipinski definition) is 9. The number of aliphatic hydroxyl groups is 1. The highest BCUT2D eigenvalue weighted by atomic mass is 32.1. The van der Waals surface area contributed by atoms with Crippen LogP contribution in [0.2, 0.25) is 0 Å². The summed E-state index contributed by atoms with van der Waals surface area (Å²) >= 11 is 1.17. The molecule has 0 aliphatic heterocycles. The summed E-state index contributed by atoms with van der Waals surface area (Å²) in [5, 5.41) is 19.0. The molecule has 0 saturated heterocycles. The molecule has 0 saturated carbocycles. The molecule has 268 valence electrons. The van der Waals surface area contributed by atoms with Crippen LogP contribution >= 0.6 is 11.3 Å². The number of nitrogens with zero attached hydrogens (tertiary/aromatic N) is 2. The van der Waals surface area contributed by atoms with Crippen LogP contribution in [0.3, 0.4) is 0 Å². The summed E-state index contributed by atoms with van der Waals surface area (Å²) in [4.78, 5) is 58.1. The molecule has 2 rings (SSSR count). The van der Waals surface area contributed by atoms with E-state index in [0.717, 1.165) is 5.56 Å². The Bertz CT molecular complexity index is 1330. The number of likely N-dealkylation sites (N-methyl/N-ethyl adjacent to an activating group) is 1. The lowest BCUT2D eigenvalue weighted by atomic mass is 9.93. The van der Waals surface area contributed by atoms with Crippen LogP contribution in [-0.4, -0.2) is 76.2 Å². The number of hydrogen-bond donors (Lipinski definition) is 3. The molecule has 11 nitrogen and oxygen atoms in total. The molecule has 2 aromatic rings. The second-order valence-corrected chi connectivity index (χ2v) is 14.7. The first-order valence-electron chi connectivity index (χ1n) is 16.9. The Hall–Kier alpha value is -3.51. The van der Waals surface area contributed by atoms with Crippen LogP contribution in [0, 0.1) is 17.8 Å². The number of benzene rings is 1. The number of aliphatic hydroxyl groups excluding tert-OH is 1. The van der Waals surface area contributed by atoms with Crippen molar-refractivity contribution >= 4 is 35.2 Å². The molecular formula is C36H56N4O7S. The summed E-state index contributed by atoms with van der Waals surface area (Å²) in [6.45, 7) is 16.9. The topological polar surface area (TPSA) is 147 Å². The fourth-order valence-electron chi connectivity index (χ4n) is 5.41. The maximum absolute atomic E-state index is 13.8. The van der Waals surface area contributed by atoms with Crippen molar-refractivity contribution in [2.75, 3.05) is 13.7 Å². The van der Waals surface area contributed by atoms with Crippen molar-refractivity contribution in [3.05, 3.63) is 52.0 Å². The number of amides is 3. The highest BCUT2D eigenvalue weighted by Gasteiger charge is 2.35. The van der Waals surface area contributed by atoms with Gasteiger partial charge in [0.1, 0.15) is 28.4 Å². The molecular weight excluding hydrogens is 632 g/mol. The molecule has 0 radical (unpaired) electrons. The van der Waals surface area contributed by atoms with Crippen molar-refractivity contribution in [1.82, 2.24) is 20.5 Å². The molecule has 12 heteroatoms. The van der Waals surface area contributed by atoms with Gasteiger partial charge in [-0.1, -0.05) is 71.4 Å². The molecule has 0 aliphatic rings. The number of esters is 1. The normalized spacial score (nSPS) is 15.4. The number of aromatic nitrogens is 1. The van der Waals surface area contributed by atoms with Gasteiger partial charge in [-0.05, 0) is 57.9 Å². The van der Waals surface area contributed by atoms with Gasteiger partial charge in [0.25, 0.3) is 5.91 Å². The number of carbonyl (C=O) groups is 4. The van der Waals surface area contributed by atoms with E-state index in [-0.39, 0.29) is 54.5 Å². The van der Waals surface area contributed by atoms with Crippen LogP contribution in [0.15, 0.2) is 35.7 Å². The van der Waals surface area contributed by atoms with Gasteiger partial charge in [-0.3, -0.25) is 14.4 Å². The van der Waals surface area contributed by atoms with Gasteiger partial charge in [0.15, 0.2) is 0 Å². The number of rotatable bonds is 17. The van der Waals surface area contributed by atoms with Crippen molar-refractivity contribution in [1.29, 1.82) is 0 Å². The molecule has 1 aromatic heterocycles. The zero-order chi connectivity index (χ0) is 36.2. The third kappa shape index (κ3) is 12.8. The number of nitrogens with one attached hydrogen (secondary N) is 2. The van der Waals surface area contributed by atoms with E-state index in [2.05, 4.69) is 15.6 Å². The molecule has 1 heterocycles. The number of carbonyl (C=O) groups excluding carboxylic acids is 4. The fraction of sp³-hybridized carbons (Fsp3) is 0.639. The molecule has 6 unspecified atom stereocenters. The smallest absolute Gasteiger partial charge is 0.408 e. The highest BCUT2D eigenvalue weighted by molar-refractivity contribution is 7.09. The van der Waals surface area contributed by atoms with Crippen molar-refractivity contribution in [2.24, 2.45) is 17.8 Å². The van der Waals surface area contributed by atoms with Crippen LogP contribution in [0.1, 0.15) is 109 Å². The van der Waals surface area contributed by atoms with E-state index < -0.39 is 35.7 Å². The van der Waals surface area contributed by atoms with Crippen molar-refractivity contribution in [3.8, 4) is 0 Å². The van der Waals surface area contributed by atoms with Gasteiger partial charge in [-0.25, -0.2) is 9.78 Å². The first-order valence-corrected chi connectivity index (χ1v) is 17.8. The number of alkyl carbamates (subject to hydrolysis) is 1. The molecule has 6 atom stereocenters. The van der Waals surface area contributed by atoms with Gasteiger partial charge < -0.3 is 30.1 Å². The highest BCUT2D eigenvalue weighted by Crippen LogP contribution is 2.28. The van der Waals surface area contributed by atoms with Gasteiger partial charge in [0.05, 0.1) is 12.5 Å². The van der Waals surface area contributed by atoms with E-state index in [1.165, 1.54) is 11.3 Å². The SMILES string of the molecule is CCOC(=O)C(C)CC(Cc1ccccc1)NC(=O)c1csc(C(O)CC(C(C)C)N(C)C(=O)C(NC(=O)OC(C)(C)C)C(C)CC)n1. The Balaban J connectivity index is 2.18. The minimum absolute atomic E-state index is 0.0319. The molecule has 0 fully saturated rings. The van der Waals surface area contributed by atoms with Crippen molar-refractivity contribution in [3.63, 3.8) is 0 Å². The van der Waals surface area contributed by atoms with Gasteiger partial charge in [-0.15, -0.1) is 11.3 Å². The van der Waals surface area contributed by atoms with Crippen LogP contribution < -0.4 is 10.6 Å². The average Bonchev–Trinajstić information content (AvgIpc) is 3.52. The van der Waals surface area contributed by atoms with E-state index >= 15 is 0 Å². The summed E-state index contributed by atoms with van der Waals surface area (Å²) in [6, 6.07) is 8.16. The minimum Gasteiger partial charge on any atom is -0.466 e. The zero-order valence-electron chi connectivity index (χ0n) is 30.2. The zero-order valence-corrected chi connectivity index (χ0v) is 31.1. The largest absolute Gasteiger partial charge is 0.466 e. The van der Waals surface area contributed by atoms with Crippen molar-refractivity contribution in [2.45, 2.75) is 118 Å². The summed E-state index contributed by atoms with van der Waals surface area (Å²) in [7, 11) is 1.68. The molecule has 3 N–H and O–H groups in total. The predicted molar refractivity (Wildman–Crippen MR) is 188 cm³/mol. The van der Waals surface area contributed by atoms with Gasteiger partial charge >= 0.3 is 12.1 Å². The summed E-state index contributed by atoms with van der Waals surface area (Å²) in [5.74, 6) is -1.60. The van der Waals surface area contributed by atoms with Crippen molar-refractivity contribution < 1.29 is 33.8 Å². The first kappa shape index (κ1) is 40.7. The lowest BCUT2D eigenvalue weighted by molar-refractivity contribution is -0.147. The second kappa shape index (κ2) is 18.9. The van der Waals surface area contributed by atoms with Crippen LogP contribution in [0.4, 0.5) is 4.79 Å². The van der Waals surface area contributed by atoms with Gasteiger partial charge in [-0.2, -0.15) is 0 Å². The lowest BCUT2D eigenvalue weighted by Gasteiger charge is -2.36. The molecule has 0 aliphatic carbocycles.